The highest BCUT2D eigenvalue weighted by molar-refractivity contribution is 5.79. The van der Waals surface area contributed by atoms with Crippen molar-refractivity contribution in [1.29, 1.82) is 0 Å². The monoisotopic (exact) mass is 356 g/mol. The Labute approximate surface area is 149 Å². The number of halogens is 2. The molecule has 1 aromatic rings. The second-order valence-electron chi connectivity index (χ2n) is 6.94. The van der Waals surface area contributed by atoms with Crippen LogP contribution in [0.5, 0.6) is 5.75 Å². The van der Waals surface area contributed by atoms with Crippen LogP contribution in [0.2, 0.25) is 0 Å². The van der Waals surface area contributed by atoms with Gasteiger partial charge in [-0.3, -0.25) is 0 Å². The van der Waals surface area contributed by atoms with Gasteiger partial charge in [-0.25, -0.2) is 4.99 Å². The molecule has 1 aromatic carbocycles. The fourth-order valence-corrected chi connectivity index (χ4v) is 2.59. The van der Waals surface area contributed by atoms with Crippen molar-refractivity contribution in [3.8, 4) is 5.75 Å². The molecule has 7 heteroatoms. The van der Waals surface area contributed by atoms with Crippen LogP contribution in [-0.4, -0.2) is 51.2 Å². The minimum atomic E-state index is -2.84. The number of benzene rings is 1. The lowest BCUT2D eigenvalue weighted by Gasteiger charge is -2.29. The molecule has 2 N–H and O–H groups in total. The number of hydrogen-bond donors (Lipinski definition) is 2. The van der Waals surface area contributed by atoms with Crippen molar-refractivity contribution in [2.45, 2.75) is 33.9 Å². The van der Waals surface area contributed by atoms with Gasteiger partial charge in [0.25, 0.3) is 0 Å². The van der Waals surface area contributed by atoms with Crippen LogP contribution < -0.4 is 15.4 Å². The van der Waals surface area contributed by atoms with Crippen LogP contribution in [0.15, 0.2) is 29.3 Å². The Hall–Kier alpha value is -1.89. The van der Waals surface area contributed by atoms with Crippen molar-refractivity contribution in [2.75, 3.05) is 33.7 Å². The first kappa shape index (κ1) is 21.2. The molecular formula is C18H30F2N4O. The number of para-hydroxylation sites is 1. The van der Waals surface area contributed by atoms with Gasteiger partial charge in [0, 0.05) is 25.2 Å². The van der Waals surface area contributed by atoms with E-state index in [4.69, 9.17) is 0 Å². The molecule has 0 saturated heterocycles. The predicted octanol–water partition coefficient (Wildman–Crippen LogP) is 2.93. The van der Waals surface area contributed by atoms with Gasteiger partial charge in [0.1, 0.15) is 5.75 Å². The van der Waals surface area contributed by atoms with Gasteiger partial charge in [-0.2, -0.15) is 8.78 Å². The van der Waals surface area contributed by atoms with Gasteiger partial charge < -0.3 is 20.3 Å². The first-order valence-corrected chi connectivity index (χ1v) is 8.43. The van der Waals surface area contributed by atoms with Gasteiger partial charge in [-0.1, -0.05) is 32.0 Å². The minimum Gasteiger partial charge on any atom is -0.434 e. The Morgan fingerprint density at radius 3 is 2.52 bits per heavy atom. The quantitative estimate of drug-likeness (QED) is 0.528. The molecule has 142 valence electrons. The molecule has 0 atom stereocenters. The molecule has 0 aromatic heterocycles. The summed E-state index contributed by atoms with van der Waals surface area (Å²) in [6, 6.07) is 6.71. The van der Waals surface area contributed by atoms with Gasteiger partial charge in [0.15, 0.2) is 5.96 Å². The van der Waals surface area contributed by atoms with Crippen LogP contribution in [0.3, 0.4) is 0 Å². The maximum absolute atomic E-state index is 12.5. The summed E-state index contributed by atoms with van der Waals surface area (Å²) in [5.41, 5.74) is 0.684. The van der Waals surface area contributed by atoms with E-state index in [1.54, 1.807) is 18.2 Å². The summed E-state index contributed by atoms with van der Waals surface area (Å²) in [4.78, 5) is 6.63. The second kappa shape index (κ2) is 10.2. The molecule has 1 rings (SSSR count). The molecule has 5 nitrogen and oxygen atoms in total. The fraction of sp³-hybridized carbons (Fsp3) is 0.611. The van der Waals surface area contributed by atoms with Crippen molar-refractivity contribution >= 4 is 5.96 Å². The van der Waals surface area contributed by atoms with Crippen molar-refractivity contribution in [2.24, 2.45) is 10.4 Å². The van der Waals surface area contributed by atoms with E-state index in [0.717, 1.165) is 19.6 Å². The molecule has 25 heavy (non-hydrogen) atoms. The van der Waals surface area contributed by atoms with E-state index < -0.39 is 6.61 Å². The van der Waals surface area contributed by atoms with E-state index in [0.29, 0.717) is 11.5 Å². The zero-order valence-corrected chi connectivity index (χ0v) is 15.8. The third-order valence-electron chi connectivity index (χ3n) is 3.42. The number of alkyl halides is 2. The van der Waals surface area contributed by atoms with Crippen molar-refractivity contribution in [1.82, 2.24) is 15.5 Å². The molecule has 0 bridgehead atoms. The molecular weight excluding hydrogens is 326 g/mol. The Balaban J connectivity index is 2.76. The largest absolute Gasteiger partial charge is 0.434 e. The minimum absolute atomic E-state index is 0.0659. The number of nitrogens with one attached hydrogen (secondary N) is 2. The van der Waals surface area contributed by atoms with E-state index in [-0.39, 0.29) is 17.7 Å². The highest BCUT2D eigenvalue weighted by Crippen LogP contribution is 2.21. The summed E-state index contributed by atoms with van der Waals surface area (Å²) in [5.74, 6) is 0.811. The lowest BCUT2D eigenvalue weighted by atomic mass is 9.93. The highest BCUT2D eigenvalue weighted by atomic mass is 19.3. The summed E-state index contributed by atoms with van der Waals surface area (Å²) < 4.78 is 29.5. The van der Waals surface area contributed by atoms with Gasteiger partial charge in [0.2, 0.25) is 0 Å². The summed E-state index contributed by atoms with van der Waals surface area (Å²) in [6.45, 7) is 6.14. The average Bonchev–Trinajstić information content (AvgIpc) is 2.49. The number of rotatable bonds is 9. The zero-order chi connectivity index (χ0) is 18.9. The van der Waals surface area contributed by atoms with Crippen LogP contribution >= 0.6 is 0 Å². The summed E-state index contributed by atoms with van der Waals surface area (Å²) in [5, 5.41) is 6.50. The number of nitrogens with zero attached hydrogens (tertiary/aromatic N) is 2. The van der Waals surface area contributed by atoms with E-state index >= 15 is 0 Å². The SMILES string of the molecule is CCNC(=NCc1ccccc1OC(F)F)NCC(C)(C)CN(C)C. The number of guanidine groups is 1. The number of aliphatic imine (C=N–C) groups is 1. The molecule has 0 fully saturated rings. The van der Waals surface area contributed by atoms with E-state index in [9.17, 15) is 8.78 Å². The maximum Gasteiger partial charge on any atom is 0.387 e. The van der Waals surface area contributed by atoms with Gasteiger partial charge >= 0.3 is 6.61 Å². The standard InChI is InChI=1S/C18H30F2N4O/c1-6-21-17(23-12-18(2,3)13-24(4)5)22-11-14-9-7-8-10-15(14)25-16(19)20/h7-10,16H,6,11-13H2,1-5H3,(H2,21,22,23). The fourth-order valence-electron chi connectivity index (χ4n) is 2.59. The summed E-state index contributed by atoms with van der Waals surface area (Å²) in [7, 11) is 4.09. The Bertz CT molecular complexity index is 548. The Morgan fingerprint density at radius 1 is 1.24 bits per heavy atom. The third-order valence-corrected chi connectivity index (χ3v) is 3.42. The molecule has 0 saturated carbocycles. The lowest BCUT2D eigenvalue weighted by molar-refractivity contribution is -0.0504. The van der Waals surface area contributed by atoms with Crippen LogP contribution in [0.1, 0.15) is 26.3 Å². The maximum atomic E-state index is 12.5. The van der Waals surface area contributed by atoms with Crippen molar-refractivity contribution in [3.63, 3.8) is 0 Å². The molecule has 0 aliphatic heterocycles. The topological polar surface area (TPSA) is 48.9 Å². The summed E-state index contributed by atoms with van der Waals surface area (Å²) in [6.07, 6.45) is 0. The average molecular weight is 356 g/mol. The molecule has 0 radical (unpaired) electrons. The van der Waals surface area contributed by atoms with Gasteiger partial charge in [0.05, 0.1) is 6.54 Å². The van der Waals surface area contributed by atoms with Gasteiger partial charge in [-0.15, -0.1) is 0 Å². The van der Waals surface area contributed by atoms with Crippen molar-refractivity contribution in [3.05, 3.63) is 29.8 Å². The highest BCUT2D eigenvalue weighted by Gasteiger charge is 2.19. The van der Waals surface area contributed by atoms with Crippen LogP contribution in [0.4, 0.5) is 8.78 Å². The molecule has 0 aliphatic rings. The second-order valence-corrected chi connectivity index (χ2v) is 6.94. The molecule has 0 spiro atoms. The molecule has 0 unspecified atom stereocenters. The van der Waals surface area contributed by atoms with Crippen LogP contribution in [0, 0.1) is 5.41 Å². The van der Waals surface area contributed by atoms with Gasteiger partial charge in [-0.05, 0) is 32.5 Å². The lowest BCUT2D eigenvalue weighted by Crippen LogP contribution is -2.44. The van der Waals surface area contributed by atoms with Crippen LogP contribution in [0.25, 0.3) is 0 Å². The van der Waals surface area contributed by atoms with E-state index in [2.05, 4.69) is 39.1 Å². The number of ether oxygens (including phenoxy) is 1. The van der Waals surface area contributed by atoms with E-state index in [1.807, 2.05) is 21.0 Å². The van der Waals surface area contributed by atoms with Crippen LogP contribution in [-0.2, 0) is 6.54 Å². The molecule has 0 aliphatic carbocycles. The zero-order valence-electron chi connectivity index (χ0n) is 15.8. The van der Waals surface area contributed by atoms with E-state index in [1.165, 1.54) is 6.07 Å². The van der Waals surface area contributed by atoms with Crippen molar-refractivity contribution < 1.29 is 13.5 Å². The summed E-state index contributed by atoms with van der Waals surface area (Å²) >= 11 is 0. The Kier molecular flexibility index (Phi) is 8.61. The normalized spacial score (nSPS) is 12.6. The molecule has 0 amide bonds. The smallest absolute Gasteiger partial charge is 0.387 e. The molecule has 0 heterocycles. The Morgan fingerprint density at radius 2 is 1.92 bits per heavy atom. The first-order valence-electron chi connectivity index (χ1n) is 8.43. The third kappa shape index (κ3) is 8.67. The first-order chi connectivity index (χ1) is 11.7. The number of hydrogen-bond acceptors (Lipinski definition) is 3. The predicted molar refractivity (Wildman–Crippen MR) is 98.2 cm³/mol.